The van der Waals surface area contributed by atoms with Gasteiger partial charge in [0.15, 0.2) is 11.5 Å². The SMILES string of the molecule is COc1ccc(N)cc1Oc1cc(C)cnn1. The summed E-state index contributed by atoms with van der Waals surface area (Å²) < 4.78 is 10.8. The molecule has 1 aromatic carbocycles. The average molecular weight is 231 g/mol. The zero-order chi connectivity index (χ0) is 12.3. The van der Waals surface area contributed by atoms with Crippen molar-refractivity contribution in [3.8, 4) is 17.4 Å². The predicted molar refractivity (Wildman–Crippen MR) is 64.2 cm³/mol. The van der Waals surface area contributed by atoms with Crippen LogP contribution >= 0.6 is 0 Å². The summed E-state index contributed by atoms with van der Waals surface area (Å²) in [6.45, 7) is 1.91. The molecule has 0 radical (unpaired) electrons. The first-order valence-electron chi connectivity index (χ1n) is 5.10. The van der Waals surface area contributed by atoms with Gasteiger partial charge in [-0.15, -0.1) is 5.10 Å². The summed E-state index contributed by atoms with van der Waals surface area (Å²) in [4.78, 5) is 0. The minimum Gasteiger partial charge on any atom is -0.493 e. The summed E-state index contributed by atoms with van der Waals surface area (Å²) in [5.41, 5.74) is 7.26. The Balaban J connectivity index is 2.32. The molecule has 5 heteroatoms. The third kappa shape index (κ3) is 2.63. The molecule has 0 saturated heterocycles. The van der Waals surface area contributed by atoms with Gasteiger partial charge >= 0.3 is 0 Å². The van der Waals surface area contributed by atoms with E-state index < -0.39 is 0 Å². The number of rotatable bonds is 3. The van der Waals surface area contributed by atoms with Crippen molar-refractivity contribution < 1.29 is 9.47 Å². The molecule has 0 aliphatic rings. The first kappa shape index (κ1) is 11.2. The Hall–Kier alpha value is -2.30. The number of nitrogens with zero attached hydrogens (tertiary/aromatic N) is 2. The molecular weight excluding hydrogens is 218 g/mol. The number of benzene rings is 1. The van der Waals surface area contributed by atoms with E-state index in [0.717, 1.165) is 5.56 Å². The second-order valence-corrected chi connectivity index (χ2v) is 3.58. The van der Waals surface area contributed by atoms with Crippen molar-refractivity contribution >= 4 is 5.69 Å². The molecule has 0 aliphatic carbocycles. The van der Waals surface area contributed by atoms with Crippen molar-refractivity contribution in [3.05, 3.63) is 36.0 Å². The summed E-state index contributed by atoms with van der Waals surface area (Å²) in [5, 5.41) is 7.68. The van der Waals surface area contributed by atoms with Crippen molar-refractivity contribution in [1.82, 2.24) is 10.2 Å². The van der Waals surface area contributed by atoms with E-state index in [2.05, 4.69) is 10.2 Å². The van der Waals surface area contributed by atoms with Crippen LogP contribution in [-0.2, 0) is 0 Å². The molecule has 0 atom stereocenters. The number of aromatic nitrogens is 2. The van der Waals surface area contributed by atoms with E-state index in [1.54, 1.807) is 37.6 Å². The monoisotopic (exact) mass is 231 g/mol. The van der Waals surface area contributed by atoms with Gasteiger partial charge in [-0.3, -0.25) is 0 Å². The molecule has 5 nitrogen and oxygen atoms in total. The first-order chi connectivity index (χ1) is 8.19. The Labute approximate surface area is 99.2 Å². The van der Waals surface area contributed by atoms with Crippen molar-refractivity contribution in [2.24, 2.45) is 0 Å². The van der Waals surface area contributed by atoms with Crippen LogP contribution in [0.4, 0.5) is 5.69 Å². The van der Waals surface area contributed by atoms with Crippen LogP contribution < -0.4 is 15.2 Å². The van der Waals surface area contributed by atoms with Crippen molar-refractivity contribution in [1.29, 1.82) is 0 Å². The highest BCUT2D eigenvalue weighted by molar-refractivity contribution is 5.52. The molecule has 0 unspecified atom stereocenters. The van der Waals surface area contributed by atoms with Crippen LogP contribution in [0.25, 0.3) is 0 Å². The first-order valence-corrected chi connectivity index (χ1v) is 5.10. The van der Waals surface area contributed by atoms with Crippen LogP contribution in [0.5, 0.6) is 17.4 Å². The van der Waals surface area contributed by atoms with E-state index >= 15 is 0 Å². The fourth-order valence-corrected chi connectivity index (χ4v) is 1.37. The highest BCUT2D eigenvalue weighted by Crippen LogP contribution is 2.32. The standard InChI is InChI=1S/C12H13N3O2/c1-8-5-12(15-14-7-8)17-11-6-9(13)3-4-10(11)16-2/h3-7H,13H2,1-2H3. The van der Waals surface area contributed by atoms with Gasteiger partial charge in [-0.25, -0.2) is 0 Å². The molecule has 88 valence electrons. The number of hydrogen-bond donors (Lipinski definition) is 1. The molecule has 2 rings (SSSR count). The number of ether oxygens (including phenoxy) is 2. The number of nitrogen functional groups attached to an aromatic ring is 1. The molecule has 0 aliphatic heterocycles. The average Bonchev–Trinajstić information content (AvgIpc) is 2.29. The minimum atomic E-state index is 0.411. The Morgan fingerprint density at radius 3 is 2.71 bits per heavy atom. The lowest BCUT2D eigenvalue weighted by atomic mass is 10.3. The van der Waals surface area contributed by atoms with Gasteiger partial charge in [0.05, 0.1) is 13.3 Å². The van der Waals surface area contributed by atoms with Crippen LogP contribution in [0.15, 0.2) is 30.5 Å². The molecule has 1 aromatic heterocycles. The Bertz CT molecular complexity index is 529. The fraction of sp³-hybridized carbons (Fsp3) is 0.167. The molecule has 2 aromatic rings. The van der Waals surface area contributed by atoms with Crippen LogP contribution in [0.1, 0.15) is 5.56 Å². The maximum Gasteiger partial charge on any atom is 0.239 e. The third-order valence-corrected chi connectivity index (χ3v) is 2.17. The van der Waals surface area contributed by atoms with E-state index in [4.69, 9.17) is 15.2 Å². The van der Waals surface area contributed by atoms with Crippen LogP contribution in [0.2, 0.25) is 0 Å². The number of aryl methyl sites for hydroxylation is 1. The largest absolute Gasteiger partial charge is 0.493 e. The normalized spacial score (nSPS) is 10.0. The van der Waals surface area contributed by atoms with E-state index in [0.29, 0.717) is 23.1 Å². The van der Waals surface area contributed by atoms with Gasteiger partial charge in [0.1, 0.15) is 0 Å². The highest BCUT2D eigenvalue weighted by atomic mass is 16.5. The number of methoxy groups -OCH3 is 1. The van der Waals surface area contributed by atoms with E-state index in [1.807, 2.05) is 6.92 Å². The zero-order valence-electron chi connectivity index (χ0n) is 9.68. The summed E-state index contributed by atoms with van der Waals surface area (Å²) in [7, 11) is 1.57. The van der Waals surface area contributed by atoms with Gasteiger partial charge in [0, 0.05) is 17.8 Å². The maximum absolute atomic E-state index is 5.69. The second-order valence-electron chi connectivity index (χ2n) is 3.58. The van der Waals surface area contributed by atoms with E-state index in [9.17, 15) is 0 Å². The highest BCUT2D eigenvalue weighted by Gasteiger charge is 2.07. The fourth-order valence-electron chi connectivity index (χ4n) is 1.37. The molecule has 0 saturated carbocycles. The molecule has 17 heavy (non-hydrogen) atoms. The van der Waals surface area contributed by atoms with Crippen molar-refractivity contribution in [2.45, 2.75) is 6.92 Å². The number of nitrogens with two attached hydrogens (primary N) is 1. The lowest BCUT2D eigenvalue weighted by molar-refractivity contribution is 0.372. The Morgan fingerprint density at radius 2 is 2.00 bits per heavy atom. The number of hydrogen-bond acceptors (Lipinski definition) is 5. The molecule has 0 bridgehead atoms. The smallest absolute Gasteiger partial charge is 0.239 e. The van der Waals surface area contributed by atoms with Crippen molar-refractivity contribution in [3.63, 3.8) is 0 Å². The van der Waals surface area contributed by atoms with Crippen molar-refractivity contribution in [2.75, 3.05) is 12.8 Å². The molecule has 0 fully saturated rings. The second kappa shape index (κ2) is 4.69. The summed E-state index contributed by atoms with van der Waals surface area (Å²) in [6.07, 6.45) is 1.66. The third-order valence-electron chi connectivity index (χ3n) is 2.17. The Morgan fingerprint density at radius 1 is 1.18 bits per heavy atom. The van der Waals surface area contributed by atoms with E-state index in [-0.39, 0.29) is 0 Å². The summed E-state index contributed by atoms with van der Waals surface area (Å²) in [5.74, 6) is 1.53. The predicted octanol–water partition coefficient (Wildman–Crippen LogP) is 2.17. The van der Waals surface area contributed by atoms with Gasteiger partial charge < -0.3 is 15.2 Å². The lowest BCUT2D eigenvalue weighted by Crippen LogP contribution is -1.95. The zero-order valence-corrected chi connectivity index (χ0v) is 9.68. The molecule has 2 N–H and O–H groups in total. The molecule has 0 amide bonds. The van der Waals surface area contributed by atoms with Gasteiger partial charge in [-0.1, -0.05) is 0 Å². The molecule has 1 heterocycles. The summed E-state index contributed by atoms with van der Waals surface area (Å²) >= 11 is 0. The molecule has 0 spiro atoms. The van der Waals surface area contributed by atoms with E-state index in [1.165, 1.54) is 0 Å². The van der Waals surface area contributed by atoms with Crippen LogP contribution in [0, 0.1) is 6.92 Å². The van der Waals surface area contributed by atoms with Gasteiger partial charge in [-0.2, -0.15) is 5.10 Å². The van der Waals surface area contributed by atoms with Crippen LogP contribution in [-0.4, -0.2) is 17.3 Å². The van der Waals surface area contributed by atoms with Gasteiger partial charge in [0.2, 0.25) is 5.88 Å². The van der Waals surface area contributed by atoms with Gasteiger partial charge in [-0.05, 0) is 24.6 Å². The molecular formula is C12H13N3O2. The quantitative estimate of drug-likeness (QED) is 0.820. The van der Waals surface area contributed by atoms with Gasteiger partial charge in [0.25, 0.3) is 0 Å². The minimum absolute atomic E-state index is 0.411. The summed E-state index contributed by atoms with van der Waals surface area (Å²) in [6, 6.07) is 6.96. The lowest BCUT2D eigenvalue weighted by Gasteiger charge is -2.09. The number of anilines is 1. The van der Waals surface area contributed by atoms with Crippen LogP contribution in [0.3, 0.4) is 0 Å². The maximum atomic E-state index is 5.69. The Kier molecular flexibility index (Phi) is 3.09. The topological polar surface area (TPSA) is 70.3 Å².